The number of aromatic nitrogens is 1. The molecule has 2 aliphatic carbocycles. The Bertz CT molecular complexity index is 3310. The van der Waals surface area contributed by atoms with Gasteiger partial charge in [-0.3, -0.25) is 0 Å². The third kappa shape index (κ3) is 6.43. The Hall–Kier alpha value is -5.55. The fourth-order valence-electron chi connectivity index (χ4n) is 14.0. The molecule has 0 radical (unpaired) electrons. The van der Waals surface area contributed by atoms with Crippen molar-refractivity contribution in [2.75, 3.05) is 9.80 Å². The van der Waals surface area contributed by atoms with E-state index in [4.69, 9.17) is 9.40 Å². The van der Waals surface area contributed by atoms with Crippen molar-refractivity contribution in [1.29, 1.82) is 0 Å². The lowest BCUT2D eigenvalue weighted by Gasteiger charge is -2.53. The standard InChI is InChI=1S/C65H74BN3O/c1-59(2,3)42-24-22-40(23-25-42)39-18-20-41(21-19-39)58-67-50-38-51-49(37-54(50)70-58)66-48-29-28-46(61(7,8)9)55-57(48)69(65(15)31-17-16-30-64(55,65)14)53-35-43(60(4,5)6)34-52(56(53)66)68(51)44-26-27-45-47(36-44)63(12,13)33-32-62(45,10)11/h18-29,34-38H,16-17,30-33H2,1-15H3. The van der Waals surface area contributed by atoms with E-state index in [1.807, 2.05) is 0 Å². The summed E-state index contributed by atoms with van der Waals surface area (Å²) in [6.45, 7) is 36.3. The van der Waals surface area contributed by atoms with Gasteiger partial charge in [-0.2, -0.15) is 0 Å². The summed E-state index contributed by atoms with van der Waals surface area (Å²) in [6.07, 6.45) is 7.23. The molecule has 6 aromatic carbocycles. The zero-order chi connectivity index (χ0) is 49.5. The minimum absolute atomic E-state index is 0.00597. The van der Waals surface area contributed by atoms with Crippen LogP contribution in [0.5, 0.6) is 0 Å². The summed E-state index contributed by atoms with van der Waals surface area (Å²) >= 11 is 0. The molecule has 7 aromatic rings. The maximum atomic E-state index is 6.96. The summed E-state index contributed by atoms with van der Waals surface area (Å²) in [5.74, 6) is 0.652. The van der Waals surface area contributed by atoms with Crippen molar-refractivity contribution in [3.8, 4) is 22.6 Å². The average molecular weight is 924 g/mol. The molecular weight excluding hydrogens is 850 g/mol. The van der Waals surface area contributed by atoms with Gasteiger partial charge >= 0.3 is 0 Å². The molecule has 4 nitrogen and oxygen atoms in total. The van der Waals surface area contributed by atoms with Crippen molar-refractivity contribution in [3.63, 3.8) is 0 Å². The highest BCUT2D eigenvalue weighted by Gasteiger charge is 2.62. The first-order valence-corrected chi connectivity index (χ1v) is 26.6. The van der Waals surface area contributed by atoms with E-state index in [-0.39, 0.29) is 44.7 Å². The van der Waals surface area contributed by atoms with Gasteiger partial charge < -0.3 is 14.2 Å². The van der Waals surface area contributed by atoms with Gasteiger partial charge in [-0.25, -0.2) is 4.98 Å². The molecule has 3 aliphatic heterocycles. The van der Waals surface area contributed by atoms with Crippen LogP contribution in [0.1, 0.15) is 176 Å². The zero-order valence-electron chi connectivity index (χ0n) is 44.9. The van der Waals surface area contributed by atoms with Crippen molar-refractivity contribution in [1.82, 2.24) is 4.98 Å². The molecule has 70 heavy (non-hydrogen) atoms. The molecule has 5 aliphatic rings. The van der Waals surface area contributed by atoms with Gasteiger partial charge in [-0.1, -0.05) is 164 Å². The second-order valence-corrected chi connectivity index (χ2v) is 27.1. The molecular formula is C65H74BN3O. The highest BCUT2D eigenvalue weighted by molar-refractivity contribution is 7.00. The summed E-state index contributed by atoms with van der Waals surface area (Å²) in [6, 6.07) is 40.2. The van der Waals surface area contributed by atoms with Gasteiger partial charge in [0.1, 0.15) is 5.52 Å². The monoisotopic (exact) mass is 924 g/mol. The van der Waals surface area contributed by atoms with Crippen LogP contribution in [-0.4, -0.2) is 17.2 Å². The molecule has 1 aromatic heterocycles. The van der Waals surface area contributed by atoms with Gasteiger partial charge in [0.15, 0.2) is 5.58 Å². The number of nitrogens with zero attached hydrogens (tertiary/aromatic N) is 3. The molecule has 358 valence electrons. The normalized spacial score (nSPS) is 21.8. The van der Waals surface area contributed by atoms with Crippen molar-refractivity contribution >= 4 is 62.6 Å². The number of hydrogen-bond acceptors (Lipinski definition) is 4. The second kappa shape index (κ2) is 14.5. The molecule has 4 heterocycles. The molecule has 1 fully saturated rings. The van der Waals surface area contributed by atoms with Gasteiger partial charge in [0.2, 0.25) is 5.89 Å². The molecule has 0 N–H and O–H groups in total. The first-order chi connectivity index (χ1) is 32.8. The van der Waals surface area contributed by atoms with E-state index >= 15 is 0 Å². The predicted octanol–water partition coefficient (Wildman–Crippen LogP) is 15.8. The van der Waals surface area contributed by atoms with Crippen LogP contribution in [0.2, 0.25) is 0 Å². The molecule has 2 atom stereocenters. The smallest absolute Gasteiger partial charge is 0.252 e. The lowest BCUT2D eigenvalue weighted by Crippen LogP contribution is -2.64. The summed E-state index contributed by atoms with van der Waals surface area (Å²) < 4.78 is 6.96. The van der Waals surface area contributed by atoms with Gasteiger partial charge in [0.25, 0.3) is 6.71 Å². The third-order valence-electron chi connectivity index (χ3n) is 18.5. The maximum Gasteiger partial charge on any atom is 0.252 e. The van der Waals surface area contributed by atoms with E-state index in [2.05, 4.69) is 217 Å². The minimum atomic E-state index is -0.0852. The van der Waals surface area contributed by atoms with Crippen LogP contribution >= 0.6 is 0 Å². The van der Waals surface area contributed by atoms with Crippen molar-refractivity contribution in [3.05, 3.63) is 137 Å². The average Bonchev–Trinajstić information content (AvgIpc) is 3.81. The summed E-state index contributed by atoms with van der Waals surface area (Å²) in [5, 5.41) is 0. The minimum Gasteiger partial charge on any atom is -0.436 e. The van der Waals surface area contributed by atoms with Crippen molar-refractivity contribution in [2.45, 2.75) is 180 Å². The van der Waals surface area contributed by atoms with Gasteiger partial charge in [-0.05, 0) is 169 Å². The number of oxazole rings is 1. The number of fused-ring (bicyclic) bond motifs is 9. The van der Waals surface area contributed by atoms with Crippen LogP contribution in [0, 0.1) is 0 Å². The lowest BCUT2D eigenvalue weighted by molar-refractivity contribution is 0.193. The maximum absolute atomic E-state index is 6.96. The van der Waals surface area contributed by atoms with E-state index in [0.29, 0.717) is 5.89 Å². The number of rotatable bonds is 3. The molecule has 2 unspecified atom stereocenters. The molecule has 5 heteroatoms. The molecule has 0 spiro atoms. The highest BCUT2D eigenvalue weighted by atomic mass is 16.3. The summed E-state index contributed by atoms with van der Waals surface area (Å²) in [4.78, 5) is 10.9. The van der Waals surface area contributed by atoms with Crippen molar-refractivity contribution in [2.24, 2.45) is 0 Å². The quantitative estimate of drug-likeness (QED) is 0.165. The van der Waals surface area contributed by atoms with Crippen LogP contribution in [0.3, 0.4) is 0 Å². The third-order valence-corrected chi connectivity index (χ3v) is 18.5. The SMILES string of the molecule is CC(C)(C)c1ccc(-c2ccc(-c3nc4cc5c(cc4o3)B3c4ccc(C(C)(C)C)c6c4N(c4cc(C(C)(C)C)cc(c43)N5c3ccc4c(c3)C(C)(C)CCC4(C)C)C3(C)CCCCC63C)cc2)cc1. The van der Waals surface area contributed by atoms with E-state index in [9.17, 15) is 0 Å². The van der Waals surface area contributed by atoms with E-state index in [1.54, 1.807) is 5.56 Å². The van der Waals surface area contributed by atoms with E-state index in [0.717, 1.165) is 16.7 Å². The Labute approximate surface area is 419 Å². The lowest BCUT2D eigenvalue weighted by atomic mass is 9.33. The van der Waals surface area contributed by atoms with Gasteiger partial charge in [0, 0.05) is 39.4 Å². The van der Waals surface area contributed by atoms with E-state index in [1.165, 1.54) is 122 Å². The summed E-state index contributed by atoms with van der Waals surface area (Å²) in [5.41, 5.74) is 24.6. The largest absolute Gasteiger partial charge is 0.436 e. The first-order valence-electron chi connectivity index (χ1n) is 26.6. The van der Waals surface area contributed by atoms with E-state index < -0.39 is 0 Å². The number of benzene rings is 6. The molecule has 12 rings (SSSR count). The van der Waals surface area contributed by atoms with Crippen LogP contribution in [0.25, 0.3) is 33.7 Å². The van der Waals surface area contributed by atoms with Gasteiger partial charge in [0.05, 0.1) is 5.54 Å². The fraction of sp³-hybridized carbons (Fsp3) is 0.431. The Morgan fingerprint density at radius 2 is 1.16 bits per heavy atom. The summed E-state index contributed by atoms with van der Waals surface area (Å²) in [7, 11) is 0. The zero-order valence-corrected chi connectivity index (χ0v) is 44.9. The Balaban J connectivity index is 1.12. The van der Waals surface area contributed by atoms with Crippen LogP contribution in [0.15, 0.2) is 108 Å². The fourth-order valence-corrected chi connectivity index (χ4v) is 14.0. The Morgan fingerprint density at radius 3 is 1.81 bits per heavy atom. The highest BCUT2D eigenvalue weighted by Crippen LogP contribution is 2.64. The Morgan fingerprint density at radius 1 is 0.543 bits per heavy atom. The molecule has 0 amide bonds. The second-order valence-electron chi connectivity index (χ2n) is 27.1. The number of hydrogen-bond donors (Lipinski definition) is 0. The molecule has 1 saturated carbocycles. The predicted molar refractivity (Wildman–Crippen MR) is 298 cm³/mol. The van der Waals surface area contributed by atoms with Crippen LogP contribution < -0.4 is 26.2 Å². The Kier molecular flexibility index (Phi) is 9.47. The topological polar surface area (TPSA) is 32.5 Å². The van der Waals surface area contributed by atoms with Crippen LogP contribution in [0.4, 0.5) is 28.4 Å². The van der Waals surface area contributed by atoms with Gasteiger partial charge in [-0.15, -0.1) is 0 Å². The first kappa shape index (κ1) is 45.6. The van der Waals surface area contributed by atoms with Crippen molar-refractivity contribution < 1.29 is 4.42 Å². The van der Waals surface area contributed by atoms with Crippen LogP contribution in [-0.2, 0) is 32.5 Å². The molecule has 0 saturated heterocycles. The number of anilines is 5. The molecule has 0 bridgehead atoms.